The van der Waals surface area contributed by atoms with E-state index in [1.807, 2.05) is 0 Å². The smallest absolute Gasteiger partial charge is 0.0134 e. The molecule has 0 aliphatic heterocycles. The second-order valence-electron chi connectivity index (χ2n) is 2.54. The summed E-state index contributed by atoms with van der Waals surface area (Å²) < 4.78 is 0. The molecule has 0 aromatic heterocycles. The Morgan fingerprint density at radius 2 is 2.00 bits per heavy atom. The third-order valence-electron chi connectivity index (χ3n) is 1.47. The van der Waals surface area contributed by atoms with Crippen molar-refractivity contribution in [2.75, 3.05) is 13.1 Å². The van der Waals surface area contributed by atoms with E-state index >= 15 is 0 Å². The van der Waals surface area contributed by atoms with Gasteiger partial charge in [-0.15, -0.1) is 0 Å². The van der Waals surface area contributed by atoms with Crippen LogP contribution in [-0.2, 0) is 0 Å². The lowest BCUT2D eigenvalue weighted by atomic mass is 10.2. The fraction of sp³-hybridized carbons (Fsp3) is 0.750. The van der Waals surface area contributed by atoms with Crippen molar-refractivity contribution in [3.8, 4) is 0 Å². The van der Waals surface area contributed by atoms with E-state index in [2.05, 4.69) is 13.0 Å². The topological polar surface area (TPSA) is 52.0 Å². The number of hydrogen-bond acceptors (Lipinski definition) is 2. The molecular formula is C8H18N2. The molecule has 0 fully saturated rings. The van der Waals surface area contributed by atoms with E-state index < -0.39 is 0 Å². The molecule has 0 unspecified atom stereocenters. The number of rotatable bonds is 5. The van der Waals surface area contributed by atoms with Gasteiger partial charge in [-0.1, -0.05) is 11.6 Å². The van der Waals surface area contributed by atoms with Gasteiger partial charge in [0.1, 0.15) is 0 Å². The first-order valence-corrected chi connectivity index (χ1v) is 3.87. The molecule has 0 atom stereocenters. The van der Waals surface area contributed by atoms with Gasteiger partial charge in [-0.05, 0) is 32.7 Å². The van der Waals surface area contributed by atoms with Gasteiger partial charge in [0.2, 0.25) is 0 Å². The van der Waals surface area contributed by atoms with Crippen LogP contribution >= 0.6 is 0 Å². The van der Waals surface area contributed by atoms with E-state index in [-0.39, 0.29) is 0 Å². The van der Waals surface area contributed by atoms with E-state index in [1.54, 1.807) is 0 Å². The first kappa shape index (κ1) is 9.66. The molecule has 2 nitrogen and oxygen atoms in total. The number of allylic oxidation sites excluding steroid dienone is 1. The van der Waals surface area contributed by atoms with Crippen molar-refractivity contribution in [3.05, 3.63) is 11.6 Å². The van der Waals surface area contributed by atoms with Crippen molar-refractivity contribution < 1.29 is 0 Å². The van der Waals surface area contributed by atoms with Crippen LogP contribution in [0.3, 0.4) is 0 Å². The lowest BCUT2D eigenvalue weighted by Crippen LogP contribution is -2.00. The highest BCUT2D eigenvalue weighted by Crippen LogP contribution is 1.98. The molecule has 0 aliphatic rings. The molecule has 4 N–H and O–H groups in total. The Kier molecular flexibility index (Phi) is 6.55. The van der Waals surface area contributed by atoms with Gasteiger partial charge in [-0.3, -0.25) is 0 Å². The zero-order valence-electron chi connectivity index (χ0n) is 6.77. The monoisotopic (exact) mass is 142 g/mol. The second-order valence-corrected chi connectivity index (χ2v) is 2.54. The second kappa shape index (κ2) is 6.78. The third kappa shape index (κ3) is 5.79. The largest absolute Gasteiger partial charge is 0.330 e. The van der Waals surface area contributed by atoms with Gasteiger partial charge in [0.15, 0.2) is 0 Å². The zero-order valence-corrected chi connectivity index (χ0v) is 6.77. The first-order chi connectivity index (χ1) is 4.81. The minimum Gasteiger partial charge on any atom is -0.330 e. The average Bonchev–Trinajstić information content (AvgIpc) is 1.98. The summed E-state index contributed by atoms with van der Waals surface area (Å²) in [6, 6.07) is 0. The highest BCUT2D eigenvalue weighted by atomic mass is 14.5. The van der Waals surface area contributed by atoms with Crippen molar-refractivity contribution in [3.63, 3.8) is 0 Å². The van der Waals surface area contributed by atoms with Crippen LogP contribution in [0.15, 0.2) is 11.6 Å². The Balaban J connectivity index is 3.16. The van der Waals surface area contributed by atoms with E-state index in [9.17, 15) is 0 Å². The Labute approximate surface area is 63.3 Å². The summed E-state index contributed by atoms with van der Waals surface area (Å²) in [5, 5.41) is 0. The molecule has 0 rings (SSSR count). The van der Waals surface area contributed by atoms with Crippen molar-refractivity contribution in [2.24, 2.45) is 11.5 Å². The van der Waals surface area contributed by atoms with E-state index in [0.29, 0.717) is 6.54 Å². The molecule has 0 saturated carbocycles. The molecule has 0 saturated heterocycles. The molecule has 0 bridgehead atoms. The molecule has 0 spiro atoms. The summed E-state index contributed by atoms with van der Waals surface area (Å²) in [5.41, 5.74) is 12.0. The van der Waals surface area contributed by atoms with Gasteiger partial charge < -0.3 is 11.5 Å². The van der Waals surface area contributed by atoms with Crippen molar-refractivity contribution >= 4 is 0 Å². The van der Waals surface area contributed by atoms with Gasteiger partial charge in [0.05, 0.1) is 0 Å². The molecule has 0 aromatic rings. The zero-order chi connectivity index (χ0) is 7.82. The molecule has 0 heterocycles. The fourth-order valence-electron chi connectivity index (χ4n) is 0.720. The van der Waals surface area contributed by atoms with Crippen molar-refractivity contribution in [1.29, 1.82) is 0 Å². The van der Waals surface area contributed by atoms with Crippen LogP contribution in [0.1, 0.15) is 26.2 Å². The van der Waals surface area contributed by atoms with Crippen LogP contribution in [0.4, 0.5) is 0 Å². The third-order valence-corrected chi connectivity index (χ3v) is 1.47. The van der Waals surface area contributed by atoms with Crippen LogP contribution in [-0.4, -0.2) is 13.1 Å². The number of hydrogen-bond donors (Lipinski definition) is 2. The van der Waals surface area contributed by atoms with Crippen LogP contribution in [0, 0.1) is 0 Å². The maximum absolute atomic E-state index is 5.39. The maximum atomic E-state index is 5.39. The maximum Gasteiger partial charge on any atom is 0.0134 e. The van der Waals surface area contributed by atoms with E-state index in [1.165, 1.54) is 12.0 Å². The van der Waals surface area contributed by atoms with E-state index in [0.717, 1.165) is 19.4 Å². The standard InChI is InChI=1S/C8H18N2/c1-8(7-10)5-3-2-4-6-9/h5H,2-4,6-7,9-10H2,1H3/b8-5-. The Bertz CT molecular complexity index is 97.4. The summed E-state index contributed by atoms with van der Waals surface area (Å²) in [4.78, 5) is 0. The lowest BCUT2D eigenvalue weighted by molar-refractivity contribution is 0.755. The summed E-state index contributed by atoms with van der Waals surface area (Å²) in [7, 11) is 0. The summed E-state index contributed by atoms with van der Waals surface area (Å²) >= 11 is 0. The minimum absolute atomic E-state index is 0.683. The lowest BCUT2D eigenvalue weighted by Gasteiger charge is -1.95. The number of unbranched alkanes of at least 4 members (excludes halogenated alkanes) is 2. The van der Waals surface area contributed by atoms with Gasteiger partial charge in [-0.2, -0.15) is 0 Å². The van der Waals surface area contributed by atoms with Gasteiger partial charge in [-0.25, -0.2) is 0 Å². The first-order valence-electron chi connectivity index (χ1n) is 3.87. The molecule has 0 aliphatic carbocycles. The predicted molar refractivity (Wildman–Crippen MR) is 45.7 cm³/mol. The molecule has 0 aromatic carbocycles. The minimum atomic E-state index is 0.683. The van der Waals surface area contributed by atoms with Crippen molar-refractivity contribution in [1.82, 2.24) is 0 Å². The van der Waals surface area contributed by atoms with Crippen LogP contribution in [0.2, 0.25) is 0 Å². The highest BCUT2D eigenvalue weighted by molar-refractivity contribution is 4.98. The SMILES string of the molecule is C/C(=C/CCCCN)CN. The van der Waals surface area contributed by atoms with Gasteiger partial charge in [0, 0.05) is 6.54 Å². The predicted octanol–water partition coefficient (Wildman–Crippen LogP) is 1.02. The van der Waals surface area contributed by atoms with Crippen LogP contribution in [0.25, 0.3) is 0 Å². The Hall–Kier alpha value is -0.340. The molecule has 60 valence electrons. The molecule has 10 heavy (non-hydrogen) atoms. The normalized spacial score (nSPS) is 12.1. The van der Waals surface area contributed by atoms with Crippen molar-refractivity contribution in [2.45, 2.75) is 26.2 Å². The van der Waals surface area contributed by atoms with Crippen LogP contribution < -0.4 is 11.5 Å². The fourth-order valence-corrected chi connectivity index (χ4v) is 0.720. The van der Waals surface area contributed by atoms with E-state index in [4.69, 9.17) is 11.5 Å². The van der Waals surface area contributed by atoms with Crippen LogP contribution in [0.5, 0.6) is 0 Å². The quantitative estimate of drug-likeness (QED) is 0.445. The molecule has 0 radical (unpaired) electrons. The summed E-state index contributed by atoms with van der Waals surface area (Å²) in [6.07, 6.45) is 5.62. The molecule has 0 amide bonds. The summed E-state index contributed by atoms with van der Waals surface area (Å²) in [6.45, 7) is 3.54. The highest BCUT2D eigenvalue weighted by Gasteiger charge is 1.84. The molecular weight excluding hydrogens is 124 g/mol. The Morgan fingerprint density at radius 1 is 1.30 bits per heavy atom. The van der Waals surface area contributed by atoms with Gasteiger partial charge in [0.25, 0.3) is 0 Å². The summed E-state index contributed by atoms with van der Waals surface area (Å²) in [5.74, 6) is 0. The van der Waals surface area contributed by atoms with Gasteiger partial charge >= 0.3 is 0 Å². The molecule has 2 heteroatoms. The number of nitrogens with two attached hydrogens (primary N) is 2. The Morgan fingerprint density at radius 3 is 2.50 bits per heavy atom. The average molecular weight is 142 g/mol.